The number of fused-ring (bicyclic) bond motifs is 2. The Morgan fingerprint density at radius 1 is 1.26 bits per heavy atom. The molecule has 0 radical (unpaired) electrons. The number of hydrogen-bond acceptors (Lipinski definition) is 3. The zero-order valence-electron chi connectivity index (χ0n) is 11.9. The first kappa shape index (κ1) is 13.0. The van der Waals surface area contributed by atoms with Crippen LogP contribution in [0.4, 0.5) is 4.39 Å². The van der Waals surface area contributed by atoms with Crippen LogP contribution in [0.25, 0.3) is 0 Å². The molecule has 19 heavy (non-hydrogen) atoms. The molecule has 0 amide bonds. The van der Waals surface area contributed by atoms with Crippen molar-refractivity contribution in [1.29, 1.82) is 0 Å². The summed E-state index contributed by atoms with van der Waals surface area (Å²) >= 11 is 0. The van der Waals surface area contributed by atoms with Crippen LogP contribution in [0.5, 0.6) is 0 Å². The summed E-state index contributed by atoms with van der Waals surface area (Å²) in [4.78, 5) is 8.85. The molecule has 3 aliphatic rings. The van der Waals surface area contributed by atoms with Gasteiger partial charge in [0.15, 0.2) is 0 Å². The van der Waals surface area contributed by atoms with Crippen molar-refractivity contribution in [3.05, 3.63) is 29.8 Å². The third-order valence-corrected chi connectivity index (χ3v) is 4.45. The van der Waals surface area contributed by atoms with Crippen molar-refractivity contribution in [3.8, 4) is 0 Å². The predicted molar refractivity (Wildman–Crippen MR) is 73.3 cm³/mol. The van der Waals surface area contributed by atoms with E-state index >= 15 is 0 Å². The van der Waals surface area contributed by atoms with E-state index in [2.05, 4.69) is 35.6 Å². The smallest absolute Gasteiger partial charge is 0.212 e. The van der Waals surface area contributed by atoms with Crippen LogP contribution in [0, 0.1) is 5.95 Å². The number of nitrogens with zero attached hydrogens (tertiary/aromatic N) is 3. The van der Waals surface area contributed by atoms with Crippen LogP contribution in [0.3, 0.4) is 0 Å². The van der Waals surface area contributed by atoms with Gasteiger partial charge in [-0.3, -0.25) is 9.80 Å². The summed E-state index contributed by atoms with van der Waals surface area (Å²) in [7, 11) is 0. The van der Waals surface area contributed by atoms with Crippen LogP contribution in [0.1, 0.15) is 32.8 Å². The fourth-order valence-electron chi connectivity index (χ4n) is 3.20. The summed E-state index contributed by atoms with van der Waals surface area (Å²) in [5.41, 5.74) is 1.38. The summed E-state index contributed by atoms with van der Waals surface area (Å²) in [6, 6.07) is 4.61. The summed E-state index contributed by atoms with van der Waals surface area (Å²) < 4.78 is 12.8. The molecule has 1 aromatic heterocycles. The maximum atomic E-state index is 12.8. The molecule has 2 atom stereocenters. The van der Waals surface area contributed by atoms with Crippen LogP contribution >= 0.6 is 0 Å². The van der Waals surface area contributed by atoms with Crippen molar-refractivity contribution >= 4 is 0 Å². The lowest BCUT2D eigenvalue weighted by atomic mass is 9.84. The molecule has 0 spiro atoms. The minimum atomic E-state index is -0.397. The number of pyridine rings is 1. The van der Waals surface area contributed by atoms with Gasteiger partial charge in [-0.05, 0) is 38.8 Å². The lowest BCUT2D eigenvalue weighted by Gasteiger charge is -2.59. The van der Waals surface area contributed by atoms with Crippen LogP contribution in [0.2, 0.25) is 0 Å². The van der Waals surface area contributed by atoms with Gasteiger partial charge >= 0.3 is 0 Å². The number of aromatic nitrogens is 1. The Labute approximate surface area is 114 Å². The molecular formula is C15H22FN3. The SMILES string of the molecule is CC(C)(C)N1CC2CC(C1)N2Cc1ccc(F)nc1. The molecule has 3 saturated heterocycles. The second-order valence-corrected chi connectivity index (χ2v) is 6.78. The highest BCUT2D eigenvalue weighted by Gasteiger charge is 2.46. The Kier molecular flexibility index (Phi) is 3.10. The highest BCUT2D eigenvalue weighted by Crippen LogP contribution is 2.36. The average Bonchev–Trinajstić information content (AvgIpc) is 2.37. The second kappa shape index (κ2) is 4.53. The van der Waals surface area contributed by atoms with Gasteiger partial charge < -0.3 is 0 Å². The van der Waals surface area contributed by atoms with Gasteiger partial charge in [-0.25, -0.2) is 4.98 Å². The Bertz CT molecular complexity index is 439. The van der Waals surface area contributed by atoms with E-state index in [0.717, 1.165) is 25.2 Å². The molecule has 2 unspecified atom stereocenters. The standard InChI is InChI=1S/C15H22FN3/c1-15(2,3)18-9-12-6-13(10-18)19(12)8-11-4-5-14(16)17-7-11/h4-5,7,12-13H,6,8-10H2,1-3H3. The van der Waals surface area contributed by atoms with Crippen LogP contribution in [-0.2, 0) is 6.54 Å². The van der Waals surface area contributed by atoms with Crippen LogP contribution in [0.15, 0.2) is 18.3 Å². The molecule has 0 aromatic carbocycles. The van der Waals surface area contributed by atoms with E-state index in [9.17, 15) is 4.39 Å². The van der Waals surface area contributed by atoms with Crippen molar-refractivity contribution in [2.75, 3.05) is 13.1 Å². The van der Waals surface area contributed by atoms with E-state index in [1.807, 2.05) is 6.07 Å². The van der Waals surface area contributed by atoms with Gasteiger partial charge in [-0.1, -0.05) is 6.07 Å². The van der Waals surface area contributed by atoms with Crippen molar-refractivity contribution in [1.82, 2.24) is 14.8 Å². The van der Waals surface area contributed by atoms with E-state index in [1.165, 1.54) is 12.5 Å². The topological polar surface area (TPSA) is 19.4 Å². The fraction of sp³-hybridized carbons (Fsp3) is 0.667. The van der Waals surface area contributed by atoms with Crippen molar-refractivity contribution in [2.24, 2.45) is 0 Å². The molecule has 3 nitrogen and oxygen atoms in total. The first-order valence-electron chi connectivity index (χ1n) is 7.05. The molecule has 4 rings (SSSR count). The van der Waals surface area contributed by atoms with E-state index in [4.69, 9.17) is 0 Å². The molecular weight excluding hydrogens is 241 g/mol. The second-order valence-electron chi connectivity index (χ2n) is 6.78. The van der Waals surface area contributed by atoms with Gasteiger partial charge in [0.2, 0.25) is 5.95 Å². The molecule has 3 fully saturated rings. The molecule has 3 aliphatic heterocycles. The molecule has 1 aromatic rings. The van der Waals surface area contributed by atoms with Gasteiger partial charge in [0.1, 0.15) is 0 Å². The number of hydrogen-bond donors (Lipinski definition) is 0. The molecule has 4 heterocycles. The van der Waals surface area contributed by atoms with Gasteiger partial charge in [0, 0.05) is 43.5 Å². The predicted octanol–water partition coefficient (Wildman–Crippen LogP) is 2.28. The number of halogens is 1. The maximum Gasteiger partial charge on any atom is 0.212 e. The lowest BCUT2D eigenvalue weighted by molar-refractivity contribution is -0.0997. The largest absolute Gasteiger partial charge is 0.295 e. The van der Waals surface area contributed by atoms with Gasteiger partial charge in [0.05, 0.1) is 0 Å². The molecule has 0 N–H and O–H groups in total. The molecule has 104 valence electrons. The normalized spacial score (nSPS) is 28.2. The summed E-state index contributed by atoms with van der Waals surface area (Å²) in [5, 5.41) is 0. The monoisotopic (exact) mass is 263 g/mol. The van der Waals surface area contributed by atoms with E-state index in [-0.39, 0.29) is 5.54 Å². The van der Waals surface area contributed by atoms with E-state index < -0.39 is 5.95 Å². The van der Waals surface area contributed by atoms with E-state index in [1.54, 1.807) is 6.20 Å². The van der Waals surface area contributed by atoms with Crippen molar-refractivity contribution < 1.29 is 4.39 Å². The van der Waals surface area contributed by atoms with Crippen LogP contribution in [-0.4, -0.2) is 45.5 Å². The summed E-state index contributed by atoms with van der Waals surface area (Å²) in [5.74, 6) is -0.397. The molecule has 0 aliphatic carbocycles. The Morgan fingerprint density at radius 2 is 1.95 bits per heavy atom. The average molecular weight is 263 g/mol. The highest BCUT2D eigenvalue weighted by molar-refractivity contribution is 5.13. The van der Waals surface area contributed by atoms with E-state index in [0.29, 0.717) is 12.1 Å². The Hall–Kier alpha value is -1.00. The minimum Gasteiger partial charge on any atom is -0.295 e. The lowest BCUT2D eigenvalue weighted by Crippen LogP contribution is -2.70. The minimum absolute atomic E-state index is 0.264. The Balaban J connectivity index is 1.63. The van der Waals surface area contributed by atoms with Gasteiger partial charge in [0.25, 0.3) is 0 Å². The zero-order valence-corrected chi connectivity index (χ0v) is 11.9. The number of piperazine rings is 1. The first-order chi connectivity index (χ1) is 8.93. The van der Waals surface area contributed by atoms with Gasteiger partial charge in [-0.2, -0.15) is 4.39 Å². The van der Waals surface area contributed by atoms with Crippen LogP contribution < -0.4 is 0 Å². The molecule has 0 saturated carbocycles. The quantitative estimate of drug-likeness (QED) is 0.763. The maximum absolute atomic E-state index is 12.8. The molecule has 2 bridgehead atoms. The summed E-state index contributed by atoms with van der Waals surface area (Å²) in [6.45, 7) is 10.0. The van der Waals surface area contributed by atoms with Crippen molar-refractivity contribution in [2.45, 2.75) is 51.4 Å². The highest BCUT2D eigenvalue weighted by atomic mass is 19.1. The zero-order chi connectivity index (χ0) is 13.6. The first-order valence-corrected chi connectivity index (χ1v) is 7.05. The number of rotatable bonds is 2. The fourth-order valence-corrected chi connectivity index (χ4v) is 3.20. The van der Waals surface area contributed by atoms with Crippen molar-refractivity contribution in [3.63, 3.8) is 0 Å². The summed E-state index contributed by atoms with van der Waals surface area (Å²) in [6.07, 6.45) is 2.96. The third kappa shape index (κ3) is 2.51. The molecule has 4 heteroatoms. The third-order valence-electron chi connectivity index (χ3n) is 4.45. The Morgan fingerprint density at radius 3 is 2.47 bits per heavy atom. The van der Waals surface area contributed by atoms with Gasteiger partial charge in [-0.15, -0.1) is 0 Å². The number of piperidine rings is 1.